The molecule has 1 amide bonds. The SMILES string of the molecule is COc1ccc(CC(NC(=O)OC2CCOC3OCCC23)C(O)CN(CC(C)C)S(=O)(=O)c2ccc(OC)cc2)cc1. The second kappa shape index (κ2) is 14.5. The molecule has 4 rings (SSSR count). The first-order chi connectivity index (χ1) is 20.1. The van der Waals surface area contributed by atoms with Crippen molar-refractivity contribution < 1.29 is 42.0 Å². The molecule has 2 aromatic rings. The monoisotopic (exact) mass is 606 g/mol. The lowest BCUT2D eigenvalue weighted by Gasteiger charge is -2.33. The predicted molar refractivity (Wildman–Crippen MR) is 155 cm³/mol. The Bertz CT molecular complexity index is 1250. The zero-order valence-corrected chi connectivity index (χ0v) is 25.4. The number of nitrogens with zero attached hydrogens (tertiary/aromatic N) is 1. The molecule has 5 atom stereocenters. The first-order valence-electron chi connectivity index (χ1n) is 14.3. The standard InChI is InChI=1S/C30H42N2O9S/c1-20(2)18-32(42(35,36)24-11-9-23(38-4)10-12-24)19-27(33)26(17-21-5-7-22(37-3)8-6-21)31-30(34)41-28-14-16-40-29-25(28)13-15-39-29/h5-12,20,25-29,33H,13-19H2,1-4H3,(H,31,34). The largest absolute Gasteiger partial charge is 0.497 e. The Morgan fingerprint density at radius 1 is 0.976 bits per heavy atom. The molecule has 0 aromatic heterocycles. The van der Waals surface area contributed by atoms with Gasteiger partial charge in [-0.05, 0) is 60.7 Å². The smallest absolute Gasteiger partial charge is 0.407 e. The zero-order chi connectivity index (χ0) is 30.3. The maximum absolute atomic E-state index is 13.7. The lowest BCUT2D eigenvalue weighted by atomic mass is 9.95. The second-order valence-corrected chi connectivity index (χ2v) is 13.0. The van der Waals surface area contributed by atoms with E-state index >= 15 is 0 Å². The van der Waals surface area contributed by atoms with Crippen molar-refractivity contribution in [3.63, 3.8) is 0 Å². The van der Waals surface area contributed by atoms with Crippen LogP contribution in [0.15, 0.2) is 53.4 Å². The molecule has 2 heterocycles. The minimum absolute atomic E-state index is 0.0155. The van der Waals surface area contributed by atoms with Gasteiger partial charge >= 0.3 is 6.09 Å². The molecule has 0 bridgehead atoms. The van der Waals surface area contributed by atoms with Gasteiger partial charge in [-0.15, -0.1) is 0 Å². The third-order valence-electron chi connectivity index (χ3n) is 7.54. The van der Waals surface area contributed by atoms with Crippen molar-refractivity contribution in [2.45, 2.75) is 62.5 Å². The fourth-order valence-corrected chi connectivity index (χ4v) is 6.93. The number of hydrogen-bond acceptors (Lipinski definition) is 9. The number of carbonyl (C=O) groups is 1. The quantitative estimate of drug-likeness (QED) is 0.353. The van der Waals surface area contributed by atoms with Gasteiger partial charge in [-0.1, -0.05) is 26.0 Å². The van der Waals surface area contributed by atoms with E-state index in [1.807, 2.05) is 26.0 Å². The summed E-state index contributed by atoms with van der Waals surface area (Å²) in [6, 6.07) is 12.5. The van der Waals surface area contributed by atoms with E-state index in [2.05, 4.69) is 5.32 Å². The van der Waals surface area contributed by atoms with Crippen LogP contribution in [0.2, 0.25) is 0 Å². The molecule has 2 N–H and O–H groups in total. The number of benzene rings is 2. The van der Waals surface area contributed by atoms with Crippen LogP contribution in [0.1, 0.15) is 32.3 Å². The van der Waals surface area contributed by atoms with E-state index in [1.165, 1.54) is 23.5 Å². The maximum Gasteiger partial charge on any atom is 0.407 e. The molecule has 2 aromatic carbocycles. The molecule has 0 saturated carbocycles. The Morgan fingerprint density at radius 2 is 1.57 bits per heavy atom. The number of fused-ring (bicyclic) bond motifs is 1. The van der Waals surface area contributed by atoms with Crippen molar-refractivity contribution in [1.29, 1.82) is 0 Å². The number of alkyl carbamates (subject to hydrolysis) is 1. The first-order valence-corrected chi connectivity index (χ1v) is 15.7. The van der Waals surface area contributed by atoms with Crippen LogP contribution in [0.3, 0.4) is 0 Å². The molecular formula is C30H42N2O9S. The minimum atomic E-state index is -3.96. The van der Waals surface area contributed by atoms with Gasteiger partial charge in [-0.2, -0.15) is 4.31 Å². The fraction of sp³-hybridized carbons (Fsp3) is 0.567. The predicted octanol–water partition coefficient (Wildman–Crippen LogP) is 3.20. The van der Waals surface area contributed by atoms with E-state index in [0.29, 0.717) is 31.1 Å². The number of methoxy groups -OCH3 is 2. The number of aliphatic hydroxyl groups excluding tert-OH is 1. The molecule has 232 valence electrons. The van der Waals surface area contributed by atoms with Gasteiger partial charge in [0.05, 0.1) is 44.5 Å². The lowest BCUT2D eigenvalue weighted by Crippen LogP contribution is -2.52. The van der Waals surface area contributed by atoms with E-state index in [0.717, 1.165) is 12.0 Å². The van der Waals surface area contributed by atoms with Crippen molar-refractivity contribution in [3.8, 4) is 11.5 Å². The van der Waals surface area contributed by atoms with Crippen LogP contribution in [-0.4, -0.2) is 89.0 Å². The van der Waals surface area contributed by atoms with Crippen LogP contribution in [0, 0.1) is 11.8 Å². The number of amides is 1. The Balaban J connectivity index is 1.53. The maximum atomic E-state index is 13.7. The number of ether oxygens (including phenoxy) is 5. The van der Waals surface area contributed by atoms with Crippen LogP contribution < -0.4 is 14.8 Å². The molecule has 12 heteroatoms. The highest BCUT2D eigenvalue weighted by molar-refractivity contribution is 7.89. The Labute approximate surface area is 248 Å². The summed E-state index contributed by atoms with van der Waals surface area (Å²) in [5.74, 6) is 1.14. The number of carbonyl (C=O) groups excluding carboxylic acids is 1. The van der Waals surface area contributed by atoms with Gasteiger partial charge < -0.3 is 34.1 Å². The number of nitrogens with one attached hydrogen (secondary N) is 1. The molecule has 2 aliphatic rings. The van der Waals surface area contributed by atoms with Crippen LogP contribution in [-0.2, 0) is 30.7 Å². The van der Waals surface area contributed by atoms with Gasteiger partial charge in [0.15, 0.2) is 6.29 Å². The number of sulfonamides is 1. The summed E-state index contributed by atoms with van der Waals surface area (Å²) in [4.78, 5) is 13.2. The van der Waals surface area contributed by atoms with Crippen LogP contribution >= 0.6 is 0 Å². The van der Waals surface area contributed by atoms with Crippen molar-refractivity contribution in [3.05, 3.63) is 54.1 Å². The van der Waals surface area contributed by atoms with E-state index in [-0.39, 0.29) is 48.6 Å². The van der Waals surface area contributed by atoms with Gasteiger partial charge in [-0.3, -0.25) is 0 Å². The lowest BCUT2D eigenvalue weighted by molar-refractivity contribution is -0.179. The van der Waals surface area contributed by atoms with Gasteiger partial charge in [0, 0.05) is 25.4 Å². The summed E-state index contributed by atoms with van der Waals surface area (Å²) in [6.07, 6.45) is -1.17. The van der Waals surface area contributed by atoms with Crippen molar-refractivity contribution in [1.82, 2.24) is 9.62 Å². The average molecular weight is 607 g/mol. The Morgan fingerprint density at radius 3 is 2.17 bits per heavy atom. The molecule has 0 radical (unpaired) electrons. The molecule has 42 heavy (non-hydrogen) atoms. The zero-order valence-electron chi connectivity index (χ0n) is 24.6. The summed E-state index contributed by atoms with van der Waals surface area (Å²) in [5, 5.41) is 14.3. The van der Waals surface area contributed by atoms with E-state index < -0.39 is 28.3 Å². The Kier molecular flexibility index (Phi) is 11.1. The van der Waals surface area contributed by atoms with Crippen LogP contribution in [0.5, 0.6) is 11.5 Å². The third-order valence-corrected chi connectivity index (χ3v) is 9.39. The van der Waals surface area contributed by atoms with Gasteiger partial charge in [0.1, 0.15) is 17.6 Å². The van der Waals surface area contributed by atoms with Crippen molar-refractivity contribution in [2.24, 2.45) is 11.8 Å². The Hall–Kier alpha value is -2.90. The molecule has 11 nitrogen and oxygen atoms in total. The number of aliphatic hydroxyl groups is 1. The van der Waals surface area contributed by atoms with Crippen molar-refractivity contribution >= 4 is 16.1 Å². The summed E-state index contributed by atoms with van der Waals surface area (Å²) in [7, 11) is -0.884. The highest BCUT2D eigenvalue weighted by Gasteiger charge is 2.41. The first kappa shape index (κ1) is 32.0. The minimum Gasteiger partial charge on any atom is -0.497 e. The van der Waals surface area contributed by atoms with E-state index in [4.69, 9.17) is 23.7 Å². The van der Waals surface area contributed by atoms with Crippen molar-refractivity contribution in [2.75, 3.05) is 40.5 Å². The average Bonchev–Trinajstić information content (AvgIpc) is 3.47. The number of hydrogen-bond donors (Lipinski definition) is 2. The molecule has 2 fully saturated rings. The van der Waals surface area contributed by atoms with Gasteiger partial charge in [0.25, 0.3) is 0 Å². The van der Waals surface area contributed by atoms with Crippen LogP contribution in [0.25, 0.3) is 0 Å². The summed E-state index contributed by atoms with van der Waals surface area (Å²) in [5.41, 5.74) is 0.823. The third kappa shape index (κ3) is 8.13. The molecule has 0 aliphatic carbocycles. The summed E-state index contributed by atoms with van der Waals surface area (Å²) in [6.45, 7) is 4.72. The second-order valence-electron chi connectivity index (χ2n) is 11.1. The molecule has 5 unspecified atom stereocenters. The number of rotatable bonds is 13. The molecular weight excluding hydrogens is 564 g/mol. The van der Waals surface area contributed by atoms with Gasteiger partial charge in [0.2, 0.25) is 10.0 Å². The van der Waals surface area contributed by atoms with Gasteiger partial charge in [-0.25, -0.2) is 13.2 Å². The van der Waals surface area contributed by atoms with E-state index in [9.17, 15) is 18.3 Å². The fourth-order valence-electron chi connectivity index (χ4n) is 5.31. The topological polar surface area (TPSA) is 133 Å². The molecule has 2 aliphatic heterocycles. The van der Waals surface area contributed by atoms with Crippen LogP contribution in [0.4, 0.5) is 4.79 Å². The highest BCUT2D eigenvalue weighted by Crippen LogP contribution is 2.32. The molecule has 0 spiro atoms. The molecule has 2 saturated heterocycles. The summed E-state index contributed by atoms with van der Waals surface area (Å²) >= 11 is 0. The normalized spacial score (nSPS) is 21.9. The van der Waals surface area contributed by atoms with E-state index in [1.54, 1.807) is 31.4 Å². The highest BCUT2D eigenvalue weighted by atomic mass is 32.2. The summed E-state index contributed by atoms with van der Waals surface area (Å²) < 4.78 is 56.0.